The number of hydrogen-bond donors (Lipinski definition) is 0. The fraction of sp³-hybridized carbons (Fsp3) is 0.226. The summed E-state index contributed by atoms with van der Waals surface area (Å²) in [6.45, 7) is 36.9. The van der Waals surface area contributed by atoms with Gasteiger partial charge >= 0.3 is 0 Å². The first-order valence-electron chi connectivity index (χ1n) is 34.3. The molecule has 0 aromatic heterocycles. The zero-order valence-electron chi connectivity index (χ0n) is 58.7. The van der Waals surface area contributed by atoms with Gasteiger partial charge in [-0.15, -0.1) is 0 Å². The van der Waals surface area contributed by atoms with E-state index in [0.717, 1.165) is 35.6 Å². The van der Waals surface area contributed by atoms with Crippen molar-refractivity contribution in [3.8, 4) is 66.8 Å². The van der Waals surface area contributed by atoms with Crippen LogP contribution in [0.1, 0.15) is 130 Å². The van der Waals surface area contributed by atoms with Gasteiger partial charge in [0.05, 0.1) is 0 Å². The number of benzene rings is 12. The average molecular weight is 1240 g/mol. The third-order valence-electron chi connectivity index (χ3n) is 21.4. The summed E-state index contributed by atoms with van der Waals surface area (Å²) in [6, 6.07) is 88.4. The van der Waals surface area contributed by atoms with Crippen LogP contribution in [0.2, 0.25) is 0 Å². The lowest BCUT2D eigenvalue weighted by molar-refractivity contribution is 0.349. The van der Waals surface area contributed by atoms with Crippen molar-refractivity contribution >= 4 is 34.1 Å². The van der Waals surface area contributed by atoms with E-state index in [1.54, 1.807) is 0 Å². The van der Waals surface area contributed by atoms with Crippen molar-refractivity contribution in [2.24, 2.45) is 0 Å². The lowest BCUT2D eigenvalue weighted by atomic mass is 9.72. The molecular formula is C93H90N2. The van der Waals surface area contributed by atoms with Crippen LogP contribution in [0.3, 0.4) is 0 Å². The van der Waals surface area contributed by atoms with Crippen molar-refractivity contribution in [2.45, 2.75) is 140 Å². The molecule has 472 valence electrons. The molecule has 1 spiro atoms. The van der Waals surface area contributed by atoms with Gasteiger partial charge in [0.1, 0.15) is 0 Å². The highest BCUT2D eigenvalue weighted by Gasteiger charge is 2.56. The van der Waals surface area contributed by atoms with Gasteiger partial charge in [-0.1, -0.05) is 196 Å². The summed E-state index contributed by atoms with van der Waals surface area (Å²) in [4.78, 5) is 4.90. The summed E-state index contributed by atoms with van der Waals surface area (Å²) in [7, 11) is 0. The second-order valence-electron chi connectivity index (χ2n) is 29.8. The molecule has 2 heteroatoms. The zero-order valence-corrected chi connectivity index (χ0v) is 58.7. The highest BCUT2D eigenvalue weighted by Crippen LogP contribution is 2.64. The molecule has 2 aliphatic carbocycles. The molecule has 0 amide bonds. The zero-order chi connectivity index (χ0) is 66.6. The normalized spacial score (nSPS) is 14.1. The predicted molar refractivity (Wildman–Crippen MR) is 408 cm³/mol. The molecule has 0 fully saturated rings. The van der Waals surface area contributed by atoms with Gasteiger partial charge in [-0.2, -0.15) is 0 Å². The van der Waals surface area contributed by atoms with Crippen LogP contribution in [0.4, 0.5) is 34.1 Å². The Kier molecular flexibility index (Phi) is 15.8. The first kappa shape index (κ1) is 62.7. The van der Waals surface area contributed by atoms with E-state index in [9.17, 15) is 0 Å². The van der Waals surface area contributed by atoms with Crippen molar-refractivity contribution < 1.29 is 0 Å². The maximum atomic E-state index is 2.63. The summed E-state index contributed by atoms with van der Waals surface area (Å²) in [5.41, 5.74) is 43.1. The molecule has 0 radical (unpaired) electrons. The predicted octanol–water partition coefficient (Wildman–Crippen LogP) is 26.0. The molecule has 95 heavy (non-hydrogen) atoms. The third-order valence-corrected chi connectivity index (χ3v) is 21.4. The van der Waals surface area contributed by atoms with Crippen molar-refractivity contribution in [1.29, 1.82) is 0 Å². The number of rotatable bonds is 12. The number of hydrogen-bond acceptors (Lipinski definition) is 2. The summed E-state index contributed by atoms with van der Waals surface area (Å²) >= 11 is 0. The molecule has 2 nitrogen and oxygen atoms in total. The standard InChI is InChI=1S/C93H90N2/c1-57-17-21-69(22-18-57)71-25-35-77(36-26-71)94(79-39-29-73(30-40-79)89-65(9)45-59(3)46-66(89)10)87-43-33-75(49-63(87)7)81-53-85-83(51-61(81)5)91(13,14)55-93(85)56-92(15,16)84-52-62(6)82(54-86(84)93)76-34-44-88(64(8)50-76)95(78-37-27-72(28-38-78)70-23-19-58(2)20-24-70)80-41-31-74(32-42-80)90-67(11)47-60(4)48-68(90)12/h17-54H,55-56H2,1-16H3. The minimum Gasteiger partial charge on any atom is -0.310 e. The van der Waals surface area contributed by atoms with E-state index in [4.69, 9.17) is 0 Å². The summed E-state index contributed by atoms with van der Waals surface area (Å²) in [6.07, 6.45) is 2.12. The Hall–Kier alpha value is -9.76. The van der Waals surface area contributed by atoms with Gasteiger partial charge in [-0.25, -0.2) is 0 Å². The van der Waals surface area contributed by atoms with Crippen LogP contribution in [-0.2, 0) is 16.2 Å². The topological polar surface area (TPSA) is 6.48 Å². The molecule has 0 N–H and O–H groups in total. The van der Waals surface area contributed by atoms with Gasteiger partial charge in [0.15, 0.2) is 0 Å². The second-order valence-corrected chi connectivity index (χ2v) is 29.8. The fourth-order valence-corrected chi connectivity index (χ4v) is 17.2. The van der Waals surface area contributed by atoms with Crippen molar-refractivity contribution in [3.05, 3.63) is 320 Å². The van der Waals surface area contributed by atoms with Gasteiger partial charge in [0.25, 0.3) is 0 Å². The maximum Gasteiger partial charge on any atom is 0.0491 e. The smallest absolute Gasteiger partial charge is 0.0491 e. The Morgan fingerprint density at radius 1 is 0.232 bits per heavy atom. The lowest BCUT2D eigenvalue weighted by Gasteiger charge is -2.31. The SMILES string of the molecule is Cc1ccc(-c2ccc(N(c3ccc(-c4c(C)cc(C)cc4C)cc3)c3ccc(-c4cc5c(cc4C)C(C)(C)CC54CC(C)(C)c5cc(C)c(-c6ccc(N(c7ccc(-c8ccc(C)cc8)cc7)c7ccc(-c8c(C)cc(C)cc8C)cc7)c(C)c6)cc54)cc3C)cc2)cc1. The van der Waals surface area contributed by atoms with E-state index in [-0.39, 0.29) is 16.2 Å². The summed E-state index contributed by atoms with van der Waals surface area (Å²) in [5, 5.41) is 0. The van der Waals surface area contributed by atoms with Gasteiger partial charge in [0, 0.05) is 39.5 Å². The van der Waals surface area contributed by atoms with Crippen molar-refractivity contribution in [3.63, 3.8) is 0 Å². The summed E-state index contributed by atoms with van der Waals surface area (Å²) in [5.74, 6) is 0. The quantitative estimate of drug-likeness (QED) is 0.120. The Morgan fingerprint density at radius 3 is 0.800 bits per heavy atom. The Bertz CT molecular complexity index is 4590. The van der Waals surface area contributed by atoms with Crippen LogP contribution in [-0.4, -0.2) is 0 Å². The van der Waals surface area contributed by atoms with Gasteiger partial charge in [0.2, 0.25) is 0 Å². The minimum atomic E-state index is -0.167. The van der Waals surface area contributed by atoms with E-state index in [2.05, 4.69) is 351 Å². The first-order chi connectivity index (χ1) is 45.4. The molecule has 0 saturated carbocycles. The molecule has 0 saturated heterocycles. The van der Waals surface area contributed by atoms with Gasteiger partial charge in [-0.05, 0) is 325 Å². The Morgan fingerprint density at radius 2 is 0.505 bits per heavy atom. The second kappa shape index (κ2) is 23.9. The van der Waals surface area contributed by atoms with Gasteiger partial charge in [-0.3, -0.25) is 0 Å². The molecule has 0 atom stereocenters. The largest absolute Gasteiger partial charge is 0.310 e. The van der Waals surface area contributed by atoms with Crippen LogP contribution >= 0.6 is 0 Å². The number of aryl methyl sites for hydroxylation is 12. The van der Waals surface area contributed by atoms with E-state index in [0.29, 0.717) is 0 Å². The average Bonchev–Trinajstić information content (AvgIpc) is 1.52. The van der Waals surface area contributed by atoms with Crippen LogP contribution in [0, 0.1) is 83.1 Å². The van der Waals surface area contributed by atoms with E-state index >= 15 is 0 Å². The number of fused-ring (bicyclic) bond motifs is 4. The lowest BCUT2D eigenvalue weighted by Crippen LogP contribution is -2.27. The Balaban J connectivity index is 0.831. The number of anilines is 6. The number of nitrogens with zero attached hydrogens (tertiary/aromatic N) is 2. The molecule has 12 aromatic rings. The van der Waals surface area contributed by atoms with Crippen LogP contribution < -0.4 is 9.80 Å². The van der Waals surface area contributed by atoms with Crippen LogP contribution in [0.25, 0.3) is 66.8 Å². The highest BCUT2D eigenvalue weighted by atomic mass is 15.1. The molecule has 0 heterocycles. The molecule has 12 aromatic carbocycles. The first-order valence-corrected chi connectivity index (χ1v) is 34.3. The maximum absolute atomic E-state index is 2.63. The summed E-state index contributed by atoms with van der Waals surface area (Å²) < 4.78 is 0. The molecule has 0 unspecified atom stereocenters. The highest BCUT2D eigenvalue weighted by molar-refractivity contribution is 5.87. The minimum absolute atomic E-state index is 0.0287. The molecule has 14 rings (SSSR count). The van der Waals surface area contributed by atoms with Crippen LogP contribution in [0.5, 0.6) is 0 Å². The van der Waals surface area contributed by atoms with E-state index in [1.807, 2.05) is 0 Å². The molecule has 2 aliphatic rings. The third kappa shape index (κ3) is 11.3. The van der Waals surface area contributed by atoms with E-state index < -0.39 is 0 Å². The van der Waals surface area contributed by atoms with Crippen LogP contribution in [0.15, 0.2) is 231 Å². The Labute approximate surface area is 566 Å². The van der Waals surface area contributed by atoms with Crippen molar-refractivity contribution in [1.82, 2.24) is 0 Å². The van der Waals surface area contributed by atoms with Crippen molar-refractivity contribution in [2.75, 3.05) is 9.80 Å². The van der Waals surface area contributed by atoms with E-state index in [1.165, 1.54) is 167 Å². The monoisotopic (exact) mass is 1230 g/mol. The molecule has 0 bridgehead atoms. The molecule has 0 aliphatic heterocycles. The fourth-order valence-electron chi connectivity index (χ4n) is 17.2. The molecular weight excluding hydrogens is 1150 g/mol. The van der Waals surface area contributed by atoms with Gasteiger partial charge < -0.3 is 9.80 Å².